The largest absolute Gasteiger partial charge is 0.193 e. The summed E-state index contributed by atoms with van der Waals surface area (Å²) in [6, 6.07) is 9.55. The van der Waals surface area contributed by atoms with Crippen LogP contribution < -0.4 is 0 Å². The minimum absolute atomic E-state index is 0.888. The van der Waals surface area contributed by atoms with Crippen LogP contribution in [-0.4, -0.2) is 0 Å². The van der Waals surface area contributed by atoms with Crippen molar-refractivity contribution in [1.82, 2.24) is 0 Å². The molecule has 0 spiro atoms. The van der Waals surface area contributed by atoms with Crippen molar-refractivity contribution in [3.8, 4) is 6.07 Å². The van der Waals surface area contributed by atoms with E-state index in [-0.39, 0.29) is 0 Å². The molecule has 0 radical (unpaired) electrons. The van der Waals surface area contributed by atoms with Crippen LogP contribution in [0.25, 0.3) is 6.08 Å². The number of allylic oxidation sites excluding steroid dienone is 1. The van der Waals surface area contributed by atoms with Gasteiger partial charge in [0.1, 0.15) is 0 Å². The van der Waals surface area contributed by atoms with Gasteiger partial charge in [-0.15, -0.1) is 12.6 Å². The molecule has 0 saturated carbocycles. The monoisotopic (exact) mass is 161 g/mol. The lowest BCUT2D eigenvalue weighted by atomic mass is 10.2. The van der Waals surface area contributed by atoms with Crippen molar-refractivity contribution >= 4 is 18.7 Å². The molecule has 2 heteroatoms. The van der Waals surface area contributed by atoms with Crippen molar-refractivity contribution in [3.63, 3.8) is 0 Å². The second-order valence-electron chi connectivity index (χ2n) is 2.02. The molecule has 0 saturated heterocycles. The zero-order chi connectivity index (χ0) is 8.10. The maximum Gasteiger partial charge on any atom is 0.0912 e. The molecule has 54 valence electrons. The van der Waals surface area contributed by atoms with Crippen molar-refractivity contribution in [1.29, 1.82) is 5.26 Å². The Morgan fingerprint density at radius 3 is 2.73 bits per heavy atom. The average Bonchev–Trinajstić information content (AvgIpc) is 2.03. The first-order valence-corrected chi connectivity index (χ1v) is 3.63. The van der Waals surface area contributed by atoms with Crippen LogP contribution in [0.1, 0.15) is 5.56 Å². The number of nitriles is 1. The SMILES string of the molecule is N#C/C=C\c1ccccc1S. The molecule has 1 aromatic carbocycles. The van der Waals surface area contributed by atoms with Gasteiger partial charge in [-0.25, -0.2) is 0 Å². The lowest BCUT2D eigenvalue weighted by molar-refractivity contribution is 1.43. The van der Waals surface area contributed by atoms with Gasteiger partial charge in [0.2, 0.25) is 0 Å². The van der Waals surface area contributed by atoms with Crippen LogP contribution in [0.3, 0.4) is 0 Å². The Morgan fingerprint density at radius 1 is 1.36 bits per heavy atom. The van der Waals surface area contributed by atoms with E-state index < -0.39 is 0 Å². The number of thiol groups is 1. The average molecular weight is 161 g/mol. The Hall–Kier alpha value is -1.20. The van der Waals surface area contributed by atoms with Crippen molar-refractivity contribution in [2.45, 2.75) is 4.90 Å². The van der Waals surface area contributed by atoms with Crippen LogP contribution in [0.2, 0.25) is 0 Å². The van der Waals surface area contributed by atoms with E-state index in [2.05, 4.69) is 12.6 Å². The molecule has 0 heterocycles. The molecular formula is C9H7NS. The van der Waals surface area contributed by atoms with Gasteiger partial charge in [-0.3, -0.25) is 0 Å². The minimum Gasteiger partial charge on any atom is -0.193 e. The summed E-state index contributed by atoms with van der Waals surface area (Å²) >= 11 is 4.21. The predicted molar refractivity (Wildman–Crippen MR) is 48.3 cm³/mol. The van der Waals surface area contributed by atoms with E-state index >= 15 is 0 Å². The van der Waals surface area contributed by atoms with Gasteiger partial charge in [0.25, 0.3) is 0 Å². The summed E-state index contributed by atoms with van der Waals surface area (Å²) in [6.45, 7) is 0. The first kappa shape index (κ1) is 7.90. The fraction of sp³-hybridized carbons (Fsp3) is 0. The van der Waals surface area contributed by atoms with Gasteiger partial charge < -0.3 is 0 Å². The lowest BCUT2D eigenvalue weighted by Gasteiger charge is -1.94. The molecule has 0 N–H and O–H groups in total. The van der Waals surface area contributed by atoms with Crippen LogP contribution in [0.5, 0.6) is 0 Å². The summed E-state index contributed by atoms with van der Waals surface area (Å²) in [7, 11) is 0. The minimum atomic E-state index is 0.888. The van der Waals surface area contributed by atoms with Crippen molar-refractivity contribution in [2.24, 2.45) is 0 Å². The van der Waals surface area contributed by atoms with E-state index in [1.165, 1.54) is 6.08 Å². The maximum absolute atomic E-state index is 8.26. The zero-order valence-corrected chi connectivity index (χ0v) is 6.75. The smallest absolute Gasteiger partial charge is 0.0912 e. The van der Waals surface area contributed by atoms with Gasteiger partial charge >= 0.3 is 0 Å². The molecule has 1 nitrogen and oxygen atoms in total. The molecule has 1 aromatic rings. The van der Waals surface area contributed by atoms with Gasteiger partial charge in [-0.1, -0.05) is 18.2 Å². The van der Waals surface area contributed by atoms with Gasteiger partial charge in [-0.05, 0) is 17.7 Å². The molecule has 0 bridgehead atoms. The maximum atomic E-state index is 8.26. The third kappa shape index (κ3) is 2.14. The van der Waals surface area contributed by atoms with E-state index in [0.29, 0.717) is 0 Å². The first-order chi connectivity index (χ1) is 5.34. The highest BCUT2D eigenvalue weighted by Gasteiger charge is 1.89. The second-order valence-corrected chi connectivity index (χ2v) is 2.50. The Balaban J connectivity index is 2.97. The number of benzene rings is 1. The van der Waals surface area contributed by atoms with Gasteiger partial charge in [0, 0.05) is 11.0 Å². The highest BCUT2D eigenvalue weighted by molar-refractivity contribution is 7.80. The van der Waals surface area contributed by atoms with E-state index in [0.717, 1.165) is 10.5 Å². The van der Waals surface area contributed by atoms with Crippen LogP contribution >= 0.6 is 12.6 Å². The third-order valence-electron chi connectivity index (χ3n) is 1.27. The van der Waals surface area contributed by atoms with Crippen LogP contribution in [0.15, 0.2) is 35.2 Å². The second kappa shape index (κ2) is 3.85. The van der Waals surface area contributed by atoms with E-state index in [4.69, 9.17) is 5.26 Å². The normalized spacial score (nSPS) is 9.82. The Labute approximate surface area is 71.4 Å². The molecular weight excluding hydrogens is 154 g/mol. The molecule has 0 aliphatic carbocycles. The molecule has 0 aliphatic heterocycles. The third-order valence-corrected chi connectivity index (χ3v) is 1.68. The van der Waals surface area contributed by atoms with Gasteiger partial charge in [0.15, 0.2) is 0 Å². The molecule has 0 amide bonds. The Morgan fingerprint density at radius 2 is 2.09 bits per heavy atom. The van der Waals surface area contributed by atoms with Crippen LogP contribution in [-0.2, 0) is 0 Å². The number of hydrogen-bond donors (Lipinski definition) is 1. The number of nitrogens with zero attached hydrogens (tertiary/aromatic N) is 1. The summed E-state index contributed by atoms with van der Waals surface area (Å²) in [4.78, 5) is 0.888. The Kier molecular flexibility index (Phi) is 2.76. The Bertz CT molecular complexity index is 310. The summed E-state index contributed by atoms with van der Waals surface area (Å²) < 4.78 is 0. The molecule has 1 rings (SSSR count). The number of rotatable bonds is 1. The van der Waals surface area contributed by atoms with Crippen molar-refractivity contribution in [2.75, 3.05) is 0 Å². The first-order valence-electron chi connectivity index (χ1n) is 3.19. The van der Waals surface area contributed by atoms with Crippen molar-refractivity contribution < 1.29 is 0 Å². The summed E-state index contributed by atoms with van der Waals surface area (Å²) in [5, 5.41) is 8.26. The fourth-order valence-electron chi connectivity index (χ4n) is 0.756. The predicted octanol–water partition coefficient (Wildman–Crippen LogP) is 2.51. The molecule has 0 fully saturated rings. The summed E-state index contributed by atoms with van der Waals surface area (Å²) in [6.07, 6.45) is 3.18. The van der Waals surface area contributed by atoms with E-state index in [1.807, 2.05) is 30.3 Å². The molecule has 0 atom stereocenters. The van der Waals surface area contributed by atoms with Crippen LogP contribution in [0.4, 0.5) is 0 Å². The van der Waals surface area contributed by atoms with Crippen molar-refractivity contribution in [3.05, 3.63) is 35.9 Å². The highest BCUT2D eigenvalue weighted by Crippen LogP contribution is 2.13. The molecule has 0 aromatic heterocycles. The highest BCUT2D eigenvalue weighted by atomic mass is 32.1. The zero-order valence-electron chi connectivity index (χ0n) is 5.86. The summed E-state index contributed by atoms with van der Waals surface area (Å²) in [5.74, 6) is 0. The van der Waals surface area contributed by atoms with E-state index in [9.17, 15) is 0 Å². The quantitative estimate of drug-likeness (QED) is 0.496. The standard InChI is InChI=1S/C9H7NS/c10-7-3-5-8-4-1-2-6-9(8)11/h1-6,11H/b5-3-. The van der Waals surface area contributed by atoms with Gasteiger partial charge in [-0.2, -0.15) is 5.26 Å². The lowest BCUT2D eigenvalue weighted by Crippen LogP contribution is -1.72. The van der Waals surface area contributed by atoms with E-state index in [1.54, 1.807) is 6.08 Å². The number of hydrogen-bond acceptors (Lipinski definition) is 2. The fourth-order valence-corrected chi connectivity index (χ4v) is 0.991. The molecule has 11 heavy (non-hydrogen) atoms. The molecule has 0 unspecified atom stereocenters. The summed E-state index contributed by atoms with van der Waals surface area (Å²) in [5.41, 5.74) is 0.970. The molecule has 0 aliphatic rings. The van der Waals surface area contributed by atoms with Gasteiger partial charge in [0.05, 0.1) is 6.07 Å². The van der Waals surface area contributed by atoms with Crippen LogP contribution in [0, 0.1) is 11.3 Å². The topological polar surface area (TPSA) is 23.8 Å².